The number of imidazole rings is 1. The minimum Gasteiger partial charge on any atom is -0.387 e. The predicted molar refractivity (Wildman–Crippen MR) is 66.1 cm³/mol. The van der Waals surface area contributed by atoms with Gasteiger partial charge in [0.2, 0.25) is 0 Å². The van der Waals surface area contributed by atoms with Gasteiger partial charge in [0.05, 0.1) is 12.6 Å². The average molecular weight is 281 g/mol. The molecule has 0 amide bonds. The molecule has 0 aliphatic heterocycles. The highest BCUT2D eigenvalue weighted by Gasteiger charge is 2.09. The van der Waals surface area contributed by atoms with Gasteiger partial charge in [0.25, 0.3) is 0 Å². The number of aromatic nitrogens is 2. The van der Waals surface area contributed by atoms with E-state index in [1.54, 1.807) is 6.20 Å². The van der Waals surface area contributed by atoms with Gasteiger partial charge in [0.15, 0.2) is 0 Å². The molecule has 4 heteroatoms. The molecule has 2 rings (SSSR count). The molecular formula is C12H13BrN2O. The molecule has 0 spiro atoms. The molecule has 2 aromatic rings. The van der Waals surface area contributed by atoms with Crippen LogP contribution in [0.1, 0.15) is 17.5 Å². The van der Waals surface area contributed by atoms with Crippen LogP contribution in [0.2, 0.25) is 0 Å². The van der Waals surface area contributed by atoms with E-state index in [0.29, 0.717) is 6.54 Å². The van der Waals surface area contributed by atoms with Crippen molar-refractivity contribution in [3.8, 4) is 0 Å². The molecule has 1 unspecified atom stereocenters. The third-order valence-corrected chi connectivity index (χ3v) is 3.02. The number of halogens is 1. The van der Waals surface area contributed by atoms with E-state index in [1.807, 2.05) is 42.0 Å². The highest BCUT2D eigenvalue weighted by Crippen LogP contribution is 2.19. The Bertz CT molecular complexity index is 481. The second kappa shape index (κ2) is 4.80. The Balaban J connectivity index is 2.14. The first-order valence-corrected chi connectivity index (χ1v) is 5.87. The van der Waals surface area contributed by atoms with Crippen LogP contribution in [0.3, 0.4) is 0 Å². The Morgan fingerprint density at radius 2 is 2.31 bits per heavy atom. The molecular weight excluding hydrogens is 268 g/mol. The molecule has 16 heavy (non-hydrogen) atoms. The smallest absolute Gasteiger partial charge is 0.105 e. The second-order valence-corrected chi connectivity index (χ2v) is 4.61. The van der Waals surface area contributed by atoms with E-state index in [1.165, 1.54) is 0 Å². The van der Waals surface area contributed by atoms with Crippen molar-refractivity contribution in [1.82, 2.24) is 9.55 Å². The molecule has 1 N–H and O–H groups in total. The summed E-state index contributed by atoms with van der Waals surface area (Å²) in [6.07, 6.45) is 3.10. The zero-order chi connectivity index (χ0) is 11.5. The van der Waals surface area contributed by atoms with Crippen LogP contribution in [0.25, 0.3) is 0 Å². The molecule has 1 aromatic heterocycles. The number of hydrogen-bond acceptors (Lipinski definition) is 2. The van der Waals surface area contributed by atoms with Crippen LogP contribution in [-0.2, 0) is 6.54 Å². The van der Waals surface area contributed by atoms with Crippen molar-refractivity contribution in [3.05, 3.63) is 52.5 Å². The first-order valence-electron chi connectivity index (χ1n) is 5.08. The Hall–Kier alpha value is -1.13. The van der Waals surface area contributed by atoms with Gasteiger partial charge in [-0.2, -0.15) is 0 Å². The number of nitrogens with zero attached hydrogens (tertiary/aromatic N) is 2. The summed E-state index contributed by atoms with van der Waals surface area (Å²) >= 11 is 3.39. The zero-order valence-electron chi connectivity index (χ0n) is 8.97. The van der Waals surface area contributed by atoms with Crippen molar-refractivity contribution in [2.75, 3.05) is 0 Å². The summed E-state index contributed by atoms with van der Waals surface area (Å²) in [5, 5.41) is 10.1. The molecule has 3 nitrogen and oxygen atoms in total. The van der Waals surface area contributed by atoms with Crippen molar-refractivity contribution in [2.24, 2.45) is 0 Å². The molecule has 1 aromatic carbocycles. The van der Waals surface area contributed by atoms with Gasteiger partial charge in [-0.25, -0.2) is 4.98 Å². The third-order valence-electron chi connectivity index (χ3n) is 2.53. The summed E-state index contributed by atoms with van der Waals surface area (Å²) in [7, 11) is 0. The van der Waals surface area contributed by atoms with E-state index in [2.05, 4.69) is 20.9 Å². The van der Waals surface area contributed by atoms with Crippen LogP contribution in [0.5, 0.6) is 0 Å². The van der Waals surface area contributed by atoms with E-state index in [4.69, 9.17) is 0 Å². The number of rotatable bonds is 3. The maximum absolute atomic E-state index is 10.1. The summed E-state index contributed by atoms with van der Waals surface area (Å²) < 4.78 is 2.91. The Morgan fingerprint density at radius 3 is 2.94 bits per heavy atom. The fourth-order valence-electron chi connectivity index (χ4n) is 1.60. The van der Waals surface area contributed by atoms with Crippen LogP contribution in [0, 0.1) is 6.92 Å². The quantitative estimate of drug-likeness (QED) is 0.939. The molecule has 0 aliphatic rings. The van der Waals surface area contributed by atoms with E-state index >= 15 is 0 Å². The molecule has 0 saturated carbocycles. The lowest BCUT2D eigenvalue weighted by atomic mass is 10.1. The number of aliphatic hydroxyl groups excluding tert-OH is 1. The third kappa shape index (κ3) is 2.51. The van der Waals surface area contributed by atoms with Crippen molar-refractivity contribution in [3.63, 3.8) is 0 Å². The molecule has 0 fully saturated rings. The van der Waals surface area contributed by atoms with Crippen LogP contribution in [0.15, 0.2) is 41.1 Å². The normalized spacial score (nSPS) is 12.7. The van der Waals surface area contributed by atoms with Gasteiger partial charge in [0.1, 0.15) is 5.82 Å². The van der Waals surface area contributed by atoms with Crippen molar-refractivity contribution >= 4 is 15.9 Å². The lowest BCUT2D eigenvalue weighted by Gasteiger charge is -2.13. The molecule has 0 bridgehead atoms. The monoisotopic (exact) mass is 280 g/mol. The second-order valence-electron chi connectivity index (χ2n) is 3.70. The minimum absolute atomic E-state index is 0.509. The van der Waals surface area contributed by atoms with Gasteiger partial charge < -0.3 is 9.67 Å². The van der Waals surface area contributed by atoms with E-state index in [0.717, 1.165) is 15.9 Å². The maximum Gasteiger partial charge on any atom is 0.105 e. The van der Waals surface area contributed by atoms with Gasteiger partial charge in [-0.1, -0.05) is 28.1 Å². The summed E-state index contributed by atoms with van der Waals surface area (Å²) in [6.45, 7) is 2.45. The van der Waals surface area contributed by atoms with E-state index in [9.17, 15) is 5.11 Å². The zero-order valence-corrected chi connectivity index (χ0v) is 10.6. The number of aryl methyl sites for hydroxylation is 1. The number of hydrogen-bond donors (Lipinski definition) is 1. The summed E-state index contributed by atoms with van der Waals surface area (Å²) in [6, 6.07) is 7.71. The van der Waals surface area contributed by atoms with Gasteiger partial charge >= 0.3 is 0 Å². The van der Waals surface area contributed by atoms with Crippen molar-refractivity contribution < 1.29 is 5.11 Å². The van der Waals surface area contributed by atoms with Crippen LogP contribution in [-0.4, -0.2) is 14.7 Å². The van der Waals surface area contributed by atoms with Crippen LogP contribution >= 0.6 is 15.9 Å². The number of aliphatic hydroxyl groups is 1. The molecule has 0 radical (unpaired) electrons. The first kappa shape index (κ1) is 11.4. The van der Waals surface area contributed by atoms with Crippen LogP contribution < -0.4 is 0 Å². The van der Waals surface area contributed by atoms with E-state index < -0.39 is 6.10 Å². The van der Waals surface area contributed by atoms with Crippen LogP contribution in [0.4, 0.5) is 0 Å². The number of benzene rings is 1. The average Bonchev–Trinajstić information content (AvgIpc) is 2.64. The van der Waals surface area contributed by atoms with Crippen molar-refractivity contribution in [2.45, 2.75) is 19.6 Å². The standard InChI is InChI=1S/C12H13BrN2O/c1-9-14-5-6-15(9)8-12(16)10-3-2-4-11(13)7-10/h2-7,12,16H,8H2,1H3. The Morgan fingerprint density at radius 1 is 1.50 bits per heavy atom. The van der Waals surface area contributed by atoms with Gasteiger partial charge in [-0.15, -0.1) is 0 Å². The molecule has 0 aliphatic carbocycles. The minimum atomic E-state index is -0.509. The Kier molecular flexibility index (Phi) is 3.41. The summed E-state index contributed by atoms with van der Waals surface area (Å²) in [4.78, 5) is 4.12. The van der Waals surface area contributed by atoms with Gasteiger partial charge in [-0.05, 0) is 24.6 Å². The Labute approximate surface area is 103 Å². The van der Waals surface area contributed by atoms with Crippen molar-refractivity contribution in [1.29, 1.82) is 0 Å². The molecule has 1 atom stereocenters. The van der Waals surface area contributed by atoms with Gasteiger partial charge in [0, 0.05) is 16.9 Å². The fraction of sp³-hybridized carbons (Fsp3) is 0.250. The topological polar surface area (TPSA) is 38.0 Å². The largest absolute Gasteiger partial charge is 0.387 e. The lowest BCUT2D eigenvalue weighted by Crippen LogP contribution is -2.09. The first-order chi connectivity index (χ1) is 7.66. The summed E-state index contributed by atoms with van der Waals surface area (Å²) in [5.41, 5.74) is 0.905. The molecule has 1 heterocycles. The SMILES string of the molecule is Cc1nccn1CC(O)c1cccc(Br)c1. The molecule has 0 saturated heterocycles. The highest BCUT2D eigenvalue weighted by molar-refractivity contribution is 9.10. The highest BCUT2D eigenvalue weighted by atomic mass is 79.9. The maximum atomic E-state index is 10.1. The molecule has 84 valence electrons. The lowest BCUT2D eigenvalue weighted by molar-refractivity contribution is 0.155. The predicted octanol–water partition coefficient (Wildman–Crippen LogP) is 2.69. The van der Waals surface area contributed by atoms with E-state index in [-0.39, 0.29) is 0 Å². The fourth-order valence-corrected chi connectivity index (χ4v) is 2.02. The van der Waals surface area contributed by atoms with Gasteiger partial charge in [-0.3, -0.25) is 0 Å². The summed E-state index contributed by atoms with van der Waals surface area (Å²) in [5.74, 6) is 0.911.